The normalized spacial score (nSPS) is 16.6. The zero-order valence-electron chi connectivity index (χ0n) is 21.4. The fourth-order valence-corrected chi connectivity index (χ4v) is 4.54. The van der Waals surface area contributed by atoms with Crippen LogP contribution in [-0.4, -0.2) is 93.1 Å². The van der Waals surface area contributed by atoms with E-state index in [0.717, 1.165) is 50.4 Å². The van der Waals surface area contributed by atoms with E-state index in [1.54, 1.807) is 12.0 Å². The van der Waals surface area contributed by atoms with E-state index in [0.29, 0.717) is 42.7 Å². The first-order chi connectivity index (χ1) is 18.6. The van der Waals surface area contributed by atoms with Gasteiger partial charge in [-0.25, -0.2) is 9.79 Å². The number of amides is 1. The molecule has 38 heavy (non-hydrogen) atoms. The van der Waals surface area contributed by atoms with Gasteiger partial charge in [0.2, 0.25) is 5.96 Å². The molecule has 1 fully saturated rings. The summed E-state index contributed by atoms with van der Waals surface area (Å²) in [6, 6.07) is 12.9. The van der Waals surface area contributed by atoms with Crippen LogP contribution in [-0.2, 0) is 25.7 Å². The lowest BCUT2D eigenvalue weighted by Crippen LogP contribution is -2.49. The van der Waals surface area contributed by atoms with Crippen molar-refractivity contribution in [1.82, 2.24) is 15.1 Å². The number of rotatable bonds is 8. The van der Waals surface area contributed by atoms with Gasteiger partial charge in [0, 0.05) is 31.7 Å². The molecule has 0 spiro atoms. The number of fused-ring (bicyclic) bond motifs is 3. The third kappa shape index (κ3) is 5.79. The summed E-state index contributed by atoms with van der Waals surface area (Å²) in [5.74, 6) is -0.0648. The van der Waals surface area contributed by atoms with Gasteiger partial charge in [0.25, 0.3) is 0 Å². The molecule has 0 unspecified atom stereocenters. The highest BCUT2D eigenvalue weighted by molar-refractivity contribution is 6.36. The number of esters is 1. The maximum Gasteiger partial charge on any atom is 0.397 e. The first kappa shape index (κ1) is 25.7. The van der Waals surface area contributed by atoms with Crippen molar-refractivity contribution in [2.75, 3.05) is 59.7 Å². The molecule has 1 N–H and O–H groups in total. The van der Waals surface area contributed by atoms with E-state index in [1.165, 1.54) is 0 Å². The van der Waals surface area contributed by atoms with Gasteiger partial charge < -0.3 is 18.9 Å². The number of carbonyl (C=O) groups excluding carboxylic acids is 2. The Morgan fingerprint density at radius 2 is 1.89 bits per heavy atom. The molecule has 200 valence electrons. The number of hydrogen-bond donors (Lipinski definition) is 1. The summed E-state index contributed by atoms with van der Waals surface area (Å²) in [5.41, 5.74) is 2.04. The fraction of sp³-hybridized carbons (Fsp3) is 0.407. The van der Waals surface area contributed by atoms with Crippen LogP contribution in [0.25, 0.3) is 0 Å². The highest BCUT2D eigenvalue weighted by Crippen LogP contribution is 2.43. The molecular formula is C27H31N5O6. The van der Waals surface area contributed by atoms with E-state index in [-0.39, 0.29) is 12.6 Å². The number of amidine groups is 1. The molecule has 0 atom stereocenters. The quantitative estimate of drug-likeness (QED) is 0.317. The summed E-state index contributed by atoms with van der Waals surface area (Å²) < 4.78 is 22.3. The minimum absolute atomic E-state index is 0.00111. The van der Waals surface area contributed by atoms with E-state index < -0.39 is 11.9 Å². The minimum Gasteiger partial charge on any atom is -0.491 e. The third-order valence-electron chi connectivity index (χ3n) is 6.46. The highest BCUT2D eigenvalue weighted by atomic mass is 16.5. The Balaban J connectivity index is 1.28. The van der Waals surface area contributed by atoms with Gasteiger partial charge in [-0.15, -0.1) is 0 Å². The van der Waals surface area contributed by atoms with Crippen LogP contribution in [0.5, 0.6) is 11.5 Å². The van der Waals surface area contributed by atoms with Crippen molar-refractivity contribution in [1.29, 1.82) is 0 Å². The molecular weight excluding hydrogens is 490 g/mol. The van der Waals surface area contributed by atoms with Gasteiger partial charge in [0.05, 0.1) is 33.5 Å². The largest absolute Gasteiger partial charge is 0.491 e. The van der Waals surface area contributed by atoms with Crippen molar-refractivity contribution in [3.63, 3.8) is 0 Å². The minimum atomic E-state index is -0.996. The molecule has 5 rings (SSSR count). The predicted octanol–water partition coefficient (Wildman–Crippen LogP) is 1.72. The van der Waals surface area contributed by atoms with E-state index in [2.05, 4.69) is 20.2 Å². The average molecular weight is 522 g/mol. The van der Waals surface area contributed by atoms with Gasteiger partial charge in [-0.1, -0.05) is 30.3 Å². The van der Waals surface area contributed by atoms with Gasteiger partial charge >= 0.3 is 11.9 Å². The Hall–Kier alpha value is -3.96. The number of guanidine groups is 1. The van der Waals surface area contributed by atoms with Crippen LogP contribution in [0.4, 0.5) is 5.69 Å². The summed E-state index contributed by atoms with van der Waals surface area (Å²) in [5, 5.41) is 2.60. The van der Waals surface area contributed by atoms with Crippen molar-refractivity contribution >= 4 is 29.4 Å². The van der Waals surface area contributed by atoms with E-state index in [9.17, 15) is 9.59 Å². The Bertz CT molecular complexity index is 1230. The number of nitrogens with zero attached hydrogens (tertiary/aromatic N) is 4. The number of methoxy groups -OCH3 is 1. The smallest absolute Gasteiger partial charge is 0.397 e. The first-order valence-electron chi connectivity index (χ1n) is 12.7. The molecule has 3 heterocycles. The zero-order chi connectivity index (χ0) is 26.3. The lowest BCUT2D eigenvalue weighted by Gasteiger charge is -2.28. The Morgan fingerprint density at radius 1 is 1.08 bits per heavy atom. The molecule has 0 aromatic heterocycles. The number of nitrogens with one attached hydrogen (secondary N) is 1. The van der Waals surface area contributed by atoms with Crippen molar-refractivity contribution in [3.8, 4) is 11.5 Å². The molecule has 3 aliphatic rings. The van der Waals surface area contributed by atoms with Crippen molar-refractivity contribution < 1.29 is 28.5 Å². The highest BCUT2D eigenvalue weighted by Gasteiger charge is 2.34. The number of aliphatic imine (C=N–C) groups is 2. The van der Waals surface area contributed by atoms with Crippen LogP contribution in [0.1, 0.15) is 17.5 Å². The number of carbonyl (C=O) groups is 2. The van der Waals surface area contributed by atoms with Gasteiger partial charge in [-0.2, -0.15) is 0 Å². The maximum atomic E-state index is 12.7. The van der Waals surface area contributed by atoms with E-state index >= 15 is 0 Å². The molecule has 0 saturated carbocycles. The summed E-state index contributed by atoms with van der Waals surface area (Å²) >= 11 is 0. The number of hydrogen-bond acceptors (Lipinski definition) is 10. The average Bonchev–Trinajstić information content (AvgIpc) is 3.45. The lowest BCUT2D eigenvalue weighted by atomic mass is 10.1. The third-order valence-corrected chi connectivity index (χ3v) is 6.46. The second-order valence-corrected chi connectivity index (χ2v) is 8.96. The molecule has 1 saturated heterocycles. The molecule has 0 radical (unpaired) electrons. The SMILES string of the molecule is COc1c(OCCCN2CCOCC2)ccc2c1N=C(NC(=O)C(=O)OCc1ccccc1)N1CCN=C21. The van der Waals surface area contributed by atoms with Crippen molar-refractivity contribution in [2.45, 2.75) is 13.0 Å². The van der Waals surface area contributed by atoms with Gasteiger partial charge in [0.1, 0.15) is 18.1 Å². The van der Waals surface area contributed by atoms with Gasteiger partial charge in [0.15, 0.2) is 11.5 Å². The van der Waals surface area contributed by atoms with Crippen LogP contribution < -0.4 is 14.8 Å². The van der Waals surface area contributed by atoms with Crippen molar-refractivity contribution in [2.24, 2.45) is 9.98 Å². The van der Waals surface area contributed by atoms with E-state index in [1.807, 2.05) is 42.5 Å². The fourth-order valence-electron chi connectivity index (χ4n) is 4.54. The molecule has 2 aromatic rings. The van der Waals surface area contributed by atoms with Crippen LogP contribution >= 0.6 is 0 Å². The Kier molecular flexibility index (Phi) is 8.15. The standard InChI is InChI=1S/C27H31N5O6/c1-35-23-21(37-15-5-11-31-13-16-36-17-14-31)9-8-20-22(23)29-27(32-12-10-28-24(20)32)30-25(33)26(34)38-18-19-6-3-2-4-7-19/h2-4,6-9H,5,10-18H2,1H3,(H,29,30,33). The van der Waals surface area contributed by atoms with Crippen LogP contribution in [0.2, 0.25) is 0 Å². The molecule has 11 nitrogen and oxygen atoms in total. The molecule has 0 bridgehead atoms. The molecule has 0 aliphatic carbocycles. The molecule has 3 aliphatic heterocycles. The topological polar surface area (TPSA) is 114 Å². The number of morpholine rings is 1. The molecule has 11 heteroatoms. The number of ether oxygens (including phenoxy) is 4. The summed E-state index contributed by atoms with van der Waals surface area (Å²) in [4.78, 5) is 38.4. The Morgan fingerprint density at radius 3 is 2.68 bits per heavy atom. The van der Waals surface area contributed by atoms with Gasteiger partial charge in [-0.05, 0) is 24.1 Å². The second-order valence-electron chi connectivity index (χ2n) is 8.96. The summed E-state index contributed by atoms with van der Waals surface area (Å²) in [6.45, 7) is 5.90. The Labute approximate surface area is 221 Å². The lowest BCUT2D eigenvalue weighted by molar-refractivity contribution is -0.155. The summed E-state index contributed by atoms with van der Waals surface area (Å²) in [6.07, 6.45) is 0.858. The predicted molar refractivity (Wildman–Crippen MR) is 140 cm³/mol. The summed E-state index contributed by atoms with van der Waals surface area (Å²) in [7, 11) is 1.55. The van der Waals surface area contributed by atoms with Crippen LogP contribution in [0.15, 0.2) is 52.4 Å². The van der Waals surface area contributed by atoms with Crippen LogP contribution in [0.3, 0.4) is 0 Å². The molecule has 1 amide bonds. The van der Waals surface area contributed by atoms with Gasteiger partial charge in [-0.3, -0.25) is 24.9 Å². The zero-order valence-corrected chi connectivity index (χ0v) is 21.4. The van der Waals surface area contributed by atoms with Crippen LogP contribution in [0, 0.1) is 0 Å². The van der Waals surface area contributed by atoms with E-state index in [4.69, 9.17) is 18.9 Å². The number of benzene rings is 2. The monoisotopic (exact) mass is 521 g/mol. The first-order valence-corrected chi connectivity index (χ1v) is 12.7. The maximum absolute atomic E-state index is 12.7. The second kappa shape index (κ2) is 12.1. The van der Waals surface area contributed by atoms with Crippen molar-refractivity contribution in [3.05, 3.63) is 53.6 Å². The molecule has 2 aromatic carbocycles.